The number of hydrogen-bond acceptors (Lipinski definition) is 5. The van der Waals surface area contributed by atoms with Gasteiger partial charge in [0.25, 0.3) is 5.56 Å². The minimum atomic E-state index is -0.416. The molecule has 1 aromatic rings. The van der Waals surface area contributed by atoms with Gasteiger partial charge >= 0.3 is 6.03 Å². The van der Waals surface area contributed by atoms with Crippen molar-refractivity contribution >= 4 is 18.1 Å². The smallest absolute Gasteiger partial charge is 0.321 e. The molecule has 0 bridgehead atoms. The zero-order chi connectivity index (χ0) is 17.1. The van der Waals surface area contributed by atoms with Gasteiger partial charge in [0, 0.05) is 17.8 Å². The molecule has 0 spiro atoms. The van der Waals surface area contributed by atoms with Crippen LogP contribution >= 0.6 is 0 Å². The largest absolute Gasteiger partial charge is 0.338 e. The van der Waals surface area contributed by atoms with Crippen LogP contribution < -0.4 is 16.2 Å². The van der Waals surface area contributed by atoms with Crippen molar-refractivity contribution in [2.24, 2.45) is 4.99 Å². The number of aromatic nitrogens is 2. The highest BCUT2D eigenvalue weighted by Gasteiger charge is 2.08. The molecule has 1 radical (unpaired) electrons. The minimum Gasteiger partial charge on any atom is -0.338 e. The summed E-state index contributed by atoms with van der Waals surface area (Å²) in [7, 11) is 0. The first-order valence-electron chi connectivity index (χ1n) is 7.56. The highest BCUT2D eigenvalue weighted by atomic mass is 16.2. The molecule has 2 amide bonds. The first-order chi connectivity index (χ1) is 11.1. The van der Waals surface area contributed by atoms with Crippen molar-refractivity contribution in [3.63, 3.8) is 0 Å². The third-order valence-electron chi connectivity index (χ3n) is 3.26. The van der Waals surface area contributed by atoms with Crippen molar-refractivity contribution in [2.45, 2.75) is 39.0 Å². The molecule has 8 heteroatoms. The van der Waals surface area contributed by atoms with Crippen LogP contribution in [0.5, 0.6) is 0 Å². The lowest BCUT2D eigenvalue weighted by Gasteiger charge is -2.09. The summed E-state index contributed by atoms with van der Waals surface area (Å²) in [6, 6.07) is -0.416. The molecular formula is C15H22N5O3. The highest BCUT2D eigenvalue weighted by Crippen LogP contribution is 2.03. The predicted octanol–water partition coefficient (Wildman–Crippen LogP) is 1.47. The molecule has 23 heavy (non-hydrogen) atoms. The Kier molecular flexibility index (Phi) is 8.31. The lowest BCUT2D eigenvalue weighted by Crippen LogP contribution is -2.31. The molecule has 0 aromatic carbocycles. The summed E-state index contributed by atoms with van der Waals surface area (Å²) in [6.45, 7) is 6.42. The number of urea groups is 1. The van der Waals surface area contributed by atoms with E-state index in [0.29, 0.717) is 30.8 Å². The van der Waals surface area contributed by atoms with Crippen molar-refractivity contribution in [1.29, 1.82) is 0 Å². The number of anilines is 1. The zero-order valence-corrected chi connectivity index (χ0v) is 13.3. The number of carbonyl (C=O) groups excluding carboxylic acids is 2. The van der Waals surface area contributed by atoms with Gasteiger partial charge in [-0.25, -0.2) is 14.6 Å². The van der Waals surface area contributed by atoms with Gasteiger partial charge in [0.15, 0.2) is 0 Å². The average molecular weight is 320 g/mol. The number of amides is 2. The van der Waals surface area contributed by atoms with Crippen LogP contribution in [-0.4, -0.2) is 35.2 Å². The summed E-state index contributed by atoms with van der Waals surface area (Å²) < 4.78 is 0. The fraction of sp³-hybridized carbons (Fsp3) is 0.533. The van der Waals surface area contributed by atoms with Crippen LogP contribution in [0.15, 0.2) is 9.79 Å². The van der Waals surface area contributed by atoms with Crippen molar-refractivity contribution in [3.8, 4) is 0 Å². The lowest BCUT2D eigenvalue weighted by molar-refractivity contribution is 0.251. The van der Waals surface area contributed by atoms with Gasteiger partial charge in [0.1, 0.15) is 0 Å². The Hall–Kier alpha value is -2.47. The van der Waals surface area contributed by atoms with Crippen LogP contribution in [0.4, 0.5) is 10.7 Å². The fourth-order valence-electron chi connectivity index (χ4n) is 2.03. The Morgan fingerprint density at radius 3 is 2.74 bits per heavy atom. The standard InChI is InChI=1S/C15H22N5O3/c1-3-12-11(2)18-14(19-13(12)22)20-15(23)17-9-7-5-4-6-8-16-10-21/h1,3-9H2,2H3,(H3,17,18,19,20,22,23). The second kappa shape index (κ2) is 10.3. The number of rotatable bonds is 9. The number of aromatic amines is 1. The summed E-state index contributed by atoms with van der Waals surface area (Å²) in [6.07, 6.45) is 5.37. The van der Waals surface area contributed by atoms with E-state index in [1.807, 2.05) is 0 Å². The number of aliphatic imine (C=N–C) groups is 1. The molecule has 0 saturated carbocycles. The second-order valence-corrected chi connectivity index (χ2v) is 5.01. The maximum atomic E-state index is 11.7. The molecule has 0 atom stereocenters. The van der Waals surface area contributed by atoms with Gasteiger partial charge in [0.05, 0.1) is 6.54 Å². The van der Waals surface area contributed by atoms with Crippen LogP contribution in [0.25, 0.3) is 0 Å². The Bertz CT molecular complexity index is 620. The number of isocyanates is 1. The minimum absolute atomic E-state index is 0.119. The predicted molar refractivity (Wildman–Crippen MR) is 87.1 cm³/mol. The zero-order valence-electron chi connectivity index (χ0n) is 13.3. The van der Waals surface area contributed by atoms with E-state index in [2.05, 4.69) is 32.5 Å². The normalized spacial score (nSPS) is 10.0. The number of carbonyl (C=O) groups is 1. The molecule has 0 saturated heterocycles. The van der Waals surface area contributed by atoms with Gasteiger partial charge in [-0.2, -0.15) is 4.98 Å². The summed E-state index contributed by atoms with van der Waals surface area (Å²) in [5.41, 5.74) is 0.771. The number of aryl methyl sites for hydroxylation is 1. The fourth-order valence-corrected chi connectivity index (χ4v) is 2.03. The van der Waals surface area contributed by atoms with E-state index in [0.717, 1.165) is 25.7 Å². The Labute approximate surface area is 134 Å². The summed E-state index contributed by atoms with van der Waals surface area (Å²) in [5.74, 6) is 0.119. The number of nitrogens with one attached hydrogen (secondary N) is 3. The molecule has 0 aliphatic rings. The van der Waals surface area contributed by atoms with Crippen molar-refractivity contribution in [1.82, 2.24) is 15.3 Å². The van der Waals surface area contributed by atoms with Crippen LogP contribution in [0.3, 0.4) is 0 Å². The van der Waals surface area contributed by atoms with Gasteiger partial charge in [-0.05, 0) is 33.1 Å². The third kappa shape index (κ3) is 6.88. The van der Waals surface area contributed by atoms with Gasteiger partial charge < -0.3 is 10.3 Å². The number of nitrogens with zero attached hydrogens (tertiary/aromatic N) is 2. The topological polar surface area (TPSA) is 116 Å². The molecule has 8 nitrogen and oxygen atoms in total. The van der Waals surface area contributed by atoms with Gasteiger partial charge in [-0.15, -0.1) is 0 Å². The Morgan fingerprint density at radius 2 is 2.09 bits per heavy atom. The van der Waals surface area contributed by atoms with E-state index >= 15 is 0 Å². The monoisotopic (exact) mass is 320 g/mol. The van der Waals surface area contributed by atoms with Gasteiger partial charge in [0.2, 0.25) is 12.0 Å². The van der Waals surface area contributed by atoms with Gasteiger partial charge in [-0.1, -0.05) is 12.8 Å². The van der Waals surface area contributed by atoms with E-state index in [9.17, 15) is 14.4 Å². The van der Waals surface area contributed by atoms with Crippen LogP contribution in [0.2, 0.25) is 0 Å². The van der Waals surface area contributed by atoms with E-state index in [-0.39, 0.29) is 11.5 Å². The lowest BCUT2D eigenvalue weighted by atomic mass is 10.2. The summed E-state index contributed by atoms with van der Waals surface area (Å²) in [5, 5.41) is 5.19. The molecule has 0 aliphatic carbocycles. The molecule has 1 rings (SSSR count). The second-order valence-electron chi connectivity index (χ2n) is 5.01. The highest BCUT2D eigenvalue weighted by molar-refractivity contribution is 5.87. The summed E-state index contributed by atoms with van der Waals surface area (Å²) in [4.78, 5) is 43.4. The first kappa shape index (κ1) is 18.6. The van der Waals surface area contributed by atoms with Crippen LogP contribution in [-0.2, 0) is 11.2 Å². The SMILES string of the molecule is [CH2]Cc1c(C)[nH]c(NC(=O)NCCCCCCN=C=O)nc1=O. The molecule has 0 unspecified atom stereocenters. The average Bonchev–Trinajstić information content (AvgIpc) is 2.49. The maximum Gasteiger partial charge on any atom is 0.321 e. The van der Waals surface area contributed by atoms with Crippen LogP contribution in [0, 0.1) is 13.8 Å². The van der Waals surface area contributed by atoms with Crippen molar-refractivity contribution < 1.29 is 9.59 Å². The number of unbranched alkanes of at least 4 members (excludes halogenated alkanes) is 3. The molecule has 3 N–H and O–H groups in total. The van der Waals surface area contributed by atoms with E-state index < -0.39 is 6.03 Å². The molecule has 0 fully saturated rings. The Balaban J connectivity index is 2.29. The van der Waals surface area contributed by atoms with E-state index in [1.165, 1.54) is 6.08 Å². The molecular weight excluding hydrogens is 298 g/mol. The quantitative estimate of drug-likeness (QED) is 0.363. The van der Waals surface area contributed by atoms with E-state index in [1.54, 1.807) is 6.92 Å². The Morgan fingerprint density at radius 1 is 1.35 bits per heavy atom. The maximum absolute atomic E-state index is 11.7. The molecule has 125 valence electrons. The molecule has 1 heterocycles. The number of H-pyrrole nitrogens is 1. The molecule has 1 aromatic heterocycles. The summed E-state index contributed by atoms with van der Waals surface area (Å²) >= 11 is 0. The van der Waals surface area contributed by atoms with Crippen molar-refractivity contribution in [2.75, 3.05) is 18.4 Å². The van der Waals surface area contributed by atoms with Gasteiger partial charge in [-0.3, -0.25) is 10.1 Å². The van der Waals surface area contributed by atoms with E-state index in [4.69, 9.17) is 0 Å². The number of hydrogen-bond donors (Lipinski definition) is 3. The first-order valence-corrected chi connectivity index (χ1v) is 7.56. The third-order valence-corrected chi connectivity index (χ3v) is 3.26. The van der Waals surface area contributed by atoms with Crippen LogP contribution in [0.1, 0.15) is 36.9 Å². The van der Waals surface area contributed by atoms with Crippen molar-refractivity contribution in [3.05, 3.63) is 28.5 Å². The molecule has 0 aliphatic heterocycles.